The SMILES string of the molecule is CCCCCN1CC(CC)NCC1Cc1ccccc1. The quantitative estimate of drug-likeness (QED) is 0.766. The molecule has 0 amide bonds. The average Bonchev–Trinajstić information content (AvgIpc) is 2.50. The Bertz CT molecular complexity index is 363. The third kappa shape index (κ3) is 4.60. The van der Waals surface area contributed by atoms with E-state index in [0.717, 1.165) is 6.54 Å². The predicted octanol–water partition coefficient (Wildman–Crippen LogP) is 3.47. The highest BCUT2D eigenvalue weighted by Gasteiger charge is 2.26. The minimum Gasteiger partial charge on any atom is -0.311 e. The first-order chi connectivity index (χ1) is 9.83. The van der Waals surface area contributed by atoms with Gasteiger partial charge in [-0.25, -0.2) is 0 Å². The minimum absolute atomic E-state index is 0.664. The fourth-order valence-electron chi connectivity index (χ4n) is 3.13. The Labute approximate surface area is 124 Å². The second-order valence-electron chi connectivity index (χ2n) is 6.06. The summed E-state index contributed by atoms with van der Waals surface area (Å²) < 4.78 is 0. The number of benzene rings is 1. The van der Waals surface area contributed by atoms with Crippen molar-refractivity contribution in [3.8, 4) is 0 Å². The molecule has 20 heavy (non-hydrogen) atoms. The highest BCUT2D eigenvalue weighted by Crippen LogP contribution is 2.15. The highest BCUT2D eigenvalue weighted by molar-refractivity contribution is 5.16. The number of nitrogens with one attached hydrogen (secondary N) is 1. The molecule has 2 rings (SSSR count). The van der Waals surface area contributed by atoms with Crippen LogP contribution < -0.4 is 5.32 Å². The number of nitrogens with zero attached hydrogens (tertiary/aromatic N) is 1. The van der Waals surface area contributed by atoms with Gasteiger partial charge in [-0.05, 0) is 31.4 Å². The summed E-state index contributed by atoms with van der Waals surface area (Å²) >= 11 is 0. The van der Waals surface area contributed by atoms with E-state index in [-0.39, 0.29) is 0 Å². The molecule has 1 N–H and O–H groups in total. The first kappa shape index (κ1) is 15.5. The van der Waals surface area contributed by atoms with E-state index in [1.807, 2.05) is 0 Å². The van der Waals surface area contributed by atoms with Gasteiger partial charge in [0, 0.05) is 25.2 Å². The van der Waals surface area contributed by atoms with E-state index in [1.54, 1.807) is 0 Å². The number of rotatable bonds is 7. The summed E-state index contributed by atoms with van der Waals surface area (Å²) in [4.78, 5) is 2.73. The lowest BCUT2D eigenvalue weighted by Crippen LogP contribution is -2.57. The molecule has 2 nitrogen and oxygen atoms in total. The average molecular weight is 274 g/mol. The van der Waals surface area contributed by atoms with E-state index in [2.05, 4.69) is 54.4 Å². The topological polar surface area (TPSA) is 15.3 Å². The van der Waals surface area contributed by atoms with E-state index in [4.69, 9.17) is 0 Å². The van der Waals surface area contributed by atoms with Gasteiger partial charge in [-0.3, -0.25) is 4.90 Å². The Kier molecular flexibility index (Phi) is 6.55. The second kappa shape index (κ2) is 8.43. The van der Waals surface area contributed by atoms with Crippen molar-refractivity contribution < 1.29 is 0 Å². The molecule has 2 heteroatoms. The standard InChI is InChI=1S/C18H30N2/c1-3-5-9-12-20-15-17(4-2)19-14-18(20)13-16-10-7-6-8-11-16/h6-8,10-11,17-19H,3-5,9,12-15H2,1-2H3. The summed E-state index contributed by atoms with van der Waals surface area (Å²) in [5.41, 5.74) is 1.47. The summed E-state index contributed by atoms with van der Waals surface area (Å²) in [5.74, 6) is 0. The minimum atomic E-state index is 0.664. The van der Waals surface area contributed by atoms with Crippen LogP contribution >= 0.6 is 0 Å². The van der Waals surface area contributed by atoms with Gasteiger partial charge in [-0.2, -0.15) is 0 Å². The summed E-state index contributed by atoms with van der Waals surface area (Å²) in [5, 5.41) is 3.72. The Morgan fingerprint density at radius 1 is 1.15 bits per heavy atom. The molecule has 1 saturated heterocycles. The van der Waals surface area contributed by atoms with Gasteiger partial charge in [-0.15, -0.1) is 0 Å². The van der Waals surface area contributed by atoms with Crippen LogP contribution in [0.15, 0.2) is 30.3 Å². The molecule has 1 aromatic carbocycles. The lowest BCUT2D eigenvalue weighted by molar-refractivity contribution is 0.125. The first-order valence-electron chi connectivity index (χ1n) is 8.34. The van der Waals surface area contributed by atoms with Crippen molar-refractivity contribution in [3.63, 3.8) is 0 Å². The molecule has 0 radical (unpaired) electrons. The van der Waals surface area contributed by atoms with Crippen LogP contribution in [0.4, 0.5) is 0 Å². The van der Waals surface area contributed by atoms with Crippen molar-refractivity contribution in [3.05, 3.63) is 35.9 Å². The Hall–Kier alpha value is -0.860. The molecule has 0 aliphatic carbocycles. The van der Waals surface area contributed by atoms with Crippen LogP contribution in [0, 0.1) is 0 Å². The summed E-state index contributed by atoms with van der Waals surface area (Å²) in [7, 11) is 0. The van der Waals surface area contributed by atoms with Crippen molar-refractivity contribution in [2.45, 2.75) is 58.0 Å². The largest absolute Gasteiger partial charge is 0.311 e. The van der Waals surface area contributed by atoms with Crippen LogP contribution in [0.2, 0.25) is 0 Å². The maximum atomic E-state index is 3.72. The first-order valence-corrected chi connectivity index (χ1v) is 8.34. The molecule has 0 saturated carbocycles. The maximum Gasteiger partial charge on any atom is 0.0261 e. The predicted molar refractivity (Wildman–Crippen MR) is 87.1 cm³/mol. The van der Waals surface area contributed by atoms with E-state index in [1.165, 1.54) is 50.8 Å². The van der Waals surface area contributed by atoms with Gasteiger partial charge in [0.2, 0.25) is 0 Å². The highest BCUT2D eigenvalue weighted by atomic mass is 15.2. The van der Waals surface area contributed by atoms with E-state index in [9.17, 15) is 0 Å². The smallest absolute Gasteiger partial charge is 0.0261 e. The molecular formula is C18H30N2. The molecule has 1 heterocycles. The molecule has 112 valence electrons. The molecular weight excluding hydrogens is 244 g/mol. The third-order valence-electron chi connectivity index (χ3n) is 4.47. The van der Waals surface area contributed by atoms with Gasteiger partial charge in [0.1, 0.15) is 0 Å². The third-order valence-corrected chi connectivity index (χ3v) is 4.47. The van der Waals surface area contributed by atoms with Crippen LogP contribution in [0.5, 0.6) is 0 Å². The fourth-order valence-corrected chi connectivity index (χ4v) is 3.13. The van der Waals surface area contributed by atoms with E-state index in [0.29, 0.717) is 12.1 Å². The zero-order valence-electron chi connectivity index (χ0n) is 13.1. The lowest BCUT2D eigenvalue weighted by atomic mass is 9.99. The van der Waals surface area contributed by atoms with Gasteiger partial charge in [0.05, 0.1) is 0 Å². The van der Waals surface area contributed by atoms with Crippen LogP contribution in [0.25, 0.3) is 0 Å². The number of piperazine rings is 1. The lowest BCUT2D eigenvalue weighted by Gasteiger charge is -2.40. The molecule has 1 aromatic rings. The van der Waals surface area contributed by atoms with Gasteiger partial charge in [-0.1, -0.05) is 57.0 Å². The normalized spacial score (nSPS) is 23.9. The molecule has 2 atom stereocenters. The monoisotopic (exact) mass is 274 g/mol. The zero-order valence-corrected chi connectivity index (χ0v) is 13.1. The van der Waals surface area contributed by atoms with Gasteiger partial charge in [0.25, 0.3) is 0 Å². The Morgan fingerprint density at radius 2 is 1.95 bits per heavy atom. The van der Waals surface area contributed by atoms with Gasteiger partial charge >= 0.3 is 0 Å². The van der Waals surface area contributed by atoms with Crippen LogP contribution in [-0.4, -0.2) is 36.6 Å². The number of hydrogen-bond donors (Lipinski definition) is 1. The van der Waals surface area contributed by atoms with Gasteiger partial charge in [0.15, 0.2) is 0 Å². The molecule has 1 aliphatic rings. The fraction of sp³-hybridized carbons (Fsp3) is 0.667. The molecule has 2 unspecified atom stereocenters. The zero-order chi connectivity index (χ0) is 14.2. The van der Waals surface area contributed by atoms with Crippen LogP contribution in [0.3, 0.4) is 0 Å². The van der Waals surface area contributed by atoms with Crippen molar-refractivity contribution in [1.82, 2.24) is 10.2 Å². The van der Waals surface area contributed by atoms with Crippen LogP contribution in [0.1, 0.15) is 45.1 Å². The molecule has 0 spiro atoms. The van der Waals surface area contributed by atoms with E-state index < -0.39 is 0 Å². The van der Waals surface area contributed by atoms with Gasteiger partial charge < -0.3 is 5.32 Å². The molecule has 0 bridgehead atoms. The van der Waals surface area contributed by atoms with E-state index >= 15 is 0 Å². The van der Waals surface area contributed by atoms with Crippen molar-refractivity contribution in [1.29, 1.82) is 0 Å². The number of unbranched alkanes of at least 4 members (excludes halogenated alkanes) is 2. The summed E-state index contributed by atoms with van der Waals surface area (Å²) in [6, 6.07) is 12.3. The van der Waals surface area contributed by atoms with Crippen LogP contribution in [-0.2, 0) is 6.42 Å². The molecule has 1 aliphatic heterocycles. The molecule has 1 fully saturated rings. The van der Waals surface area contributed by atoms with Crippen molar-refractivity contribution in [2.24, 2.45) is 0 Å². The summed E-state index contributed by atoms with van der Waals surface area (Å²) in [6.07, 6.45) is 6.43. The molecule has 0 aromatic heterocycles. The number of hydrogen-bond acceptors (Lipinski definition) is 2. The van der Waals surface area contributed by atoms with Crippen molar-refractivity contribution >= 4 is 0 Å². The summed E-state index contributed by atoms with van der Waals surface area (Å²) in [6.45, 7) is 8.20. The Balaban J connectivity index is 1.93. The second-order valence-corrected chi connectivity index (χ2v) is 6.06. The maximum absolute atomic E-state index is 3.72. The van der Waals surface area contributed by atoms with Crippen molar-refractivity contribution in [2.75, 3.05) is 19.6 Å². The Morgan fingerprint density at radius 3 is 2.65 bits per heavy atom.